The summed E-state index contributed by atoms with van der Waals surface area (Å²) >= 11 is 0. The third-order valence-corrected chi connectivity index (χ3v) is 7.05. The SMILES string of the molecule is CC(C)(C)c1n[n-]c(-c2ccccn2)n1.Cc1cccc(C)c1-c1cccc2c3ccc[c-]c3c3nccn3c12.[Ir]. The van der Waals surface area contributed by atoms with E-state index in [-0.39, 0.29) is 25.5 Å². The van der Waals surface area contributed by atoms with Crippen molar-refractivity contribution in [3.05, 3.63) is 114 Å². The Hall–Kier alpha value is -4.19. The molecule has 0 unspecified atom stereocenters. The molecule has 6 nitrogen and oxygen atoms in total. The van der Waals surface area contributed by atoms with Gasteiger partial charge in [0, 0.05) is 61.0 Å². The second-order valence-electron chi connectivity index (χ2n) is 11.0. The van der Waals surface area contributed by atoms with Gasteiger partial charge in [0.15, 0.2) is 0 Å². The van der Waals surface area contributed by atoms with Crippen LogP contribution in [-0.2, 0) is 25.5 Å². The number of benzene rings is 3. The zero-order valence-corrected chi connectivity index (χ0v) is 26.1. The number of aromatic nitrogens is 6. The average molecular weight is 715 g/mol. The fourth-order valence-corrected chi connectivity index (χ4v) is 5.14. The summed E-state index contributed by atoms with van der Waals surface area (Å²) < 4.78 is 2.20. The van der Waals surface area contributed by atoms with Crippen LogP contribution in [0.5, 0.6) is 0 Å². The van der Waals surface area contributed by atoms with Crippen LogP contribution in [0.25, 0.3) is 50.0 Å². The molecular formula is C34H30IrN6-2. The Balaban J connectivity index is 0.000000182. The number of hydrogen-bond donors (Lipinski definition) is 0. The van der Waals surface area contributed by atoms with Gasteiger partial charge in [-0.25, -0.2) is 0 Å². The molecule has 4 aromatic heterocycles. The van der Waals surface area contributed by atoms with Gasteiger partial charge in [-0.3, -0.25) is 15.1 Å². The van der Waals surface area contributed by atoms with Gasteiger partial charge in [0.25, 0.3) is 0 Å². The van der Waals surface area contributed by atoms with E-state index in [1.54, 1.807) is 6.20 Å². The normalized spacial score (nSPS) is 11.3. The molecule has 0 atom stereocenters. The molecule has 0 fully saturated rings. The summed E-state index contributed by atoms with van der Waals surface area (Å²) in [4.78, 5) is 13.2. The third-order valence-electron chi connectivity index (χ3n) is 7.05. The molecule has 0 amide bonds. The van der Waals surface area contributed by atoms with Crippen LogP contribution < -0.4 is 5.10 Å². The fourth-order valence-electron chi connectivity index (χ4n) is 5.14. The zero-order valence-electron chi connectivity index (χ0n) is 23.7. The van der Waals surface area contributed by atoms with Crippen molar-refractivity contribution < 1.29 is 20.1 Å². The summed E-state index contributed by atoms with van der Waals surface area (Å²) in [6.07, 6.45) is 5.65. The number of aryl methyl sites for hydroxylation is 2. The van der Waals surface area contributed by atoms with E-state index in [1.807, 2.05) is 36.5 Å². The van der Waals surface area contributed by atoms with E-state index in [0.717, 1.165) is 22.6 Å². The predicted octanol–water partition coefficient (Wildman–Crippen LogP) is 7.52. The molecule has 0 spiro atoms. The standard InChI is InChI=1S/C23H17N2.C11H13N4.Ir/c1-15-7-5-8-16(2)21(15)20-12-6-11-18-17-9-3-4-10-19(17)23-24-13-14-25(23)22(18)20;1-11(2,3)10-13-9(14-15-10)8-6-4-5-7-12-8;/h3-9,11-14H,1-2H3;4-7H,1-3H3;/q2*-1;. The second-order valence-corrected chi connectivity index (χ2v) is 11.0. The molecule has 7 rings (SSSR count). The van der Waals surface area contributed by atoms with Crippen molar-refractivity contribution in [3.63, 3.8) is 0 Å². The van der Waals surface area contributed by atoms with E-state index >= 15 is 0 Å². The maximum absolute atomic E-state index is 4.61. The molecule has 7 heteroatoms. The molecule has 207 valence electrons. The maximum atomic E-state index is 4.61. The van der Waals surface area contributed by atoms with Gasteiger partial charge < -0.3 is 14.5 Å². The Morgan fingerprint density at radius 3 is 2.27 bits per heavy atom. The number of nitrogens with zero attached hydrogens (tertiary/aromatic N) is 6. The summed E-state index contributed by atoms with van der Waals surface area (Å²) in [7, 11) is 0. The van der Waals surface area contributed by atoms with Gasteiger partial charge in [0.1, 0.15) is 0 Å². The van der Waals surface area contributed by atoms with Gasteiger partial charge in [-0.05, 0) is 53.9 Å². The number of imidazole rings is 1. The second kappa shape index (κ2) is 11.4. The minimum Gasteiger partial charge on any atom is -0.420 e. The Morgan fingerprint density at radius 1 is 0.805 bits per heavy atom. The summed E-state index contributed by atoms with van der Waals surface area (Å²) in [6.45, 7) is 10.5. The average Bonchev–Trinajstić information content (AvgIpc) is 3.65. The molecule has 0 aliphatic carbocycles. The van der Waals surface area contributed by atoms with Crippen molar-refractivity contribution in [2.75, 3.05) is 0 Å². The minimum absolute atomic E-state index is 0. The third kappa shape index (κ3) is 5.31. The van der Waals surface area contributed by atoms with Gasteiger partial charge in [-0.1, -0.05) is 68.6 Å². The first-order valence-corrected chi connectivity index (χ1v) is 13.4. The largest absolute Gasteiger partial charge is 0.420 e. The predicted molar refractivity (Wildman–Crippen MR) is 161 cm³/mol. The summed E-state index contributed by atoms with van der Waals surface area (Å²) in [6, 6.07) is 28.2. The topological polar surface area (TPSA) is 70.1 Å². The molecule has 0 aliphatic heterocycles. The fraction of sp³-hybridized carbons (Fsp3) is 0.176. The number of rotatable bonds is 2. The van der Waals surface area contributed by atoms with Crippen molar-refractivity contribution in [3.8, 4) is 22.6 Å². The Labute approximate surface area is 253 Å². The monoisotopic (exact) mass is 715 g/mol. The molecule has 1 radical (unpaired) electrons. The molecule has 0 aliphatic rings. The van der Waals surface area contributed by atoms with E-state index in [9.17, 15) is 0 Å². The van der Waals surface area contributed by atoms with E-state index in [0.29, 0.717) is 5.82 Å². The molecule has 0 N–H and O–H groups in total. The van der Waals surface area contributed by atoms with Gasteiger partial charge in [-0.15, -0.1) is 29.7 Å². The van der Waals surface area contributed by atoms with Crippen molar-refractivity contribution in [1.29, 1.82) is 0 Å². The van der Waals surface area contributed by atoms with Crippen LogP contribution in [0.3, 0.4) is 0 Å². The van der Waals surface area contributed by atoms with Gasteiger partial charge in [0.2, 0.25) is 0 Å². The Bertz CT molecular complexity index is 1940. The molecular weight excluding hydrogens is 685 g/mol. The summed E-state index contributed by atoms with van der Waals surface area (Å²) in [5, 5.41) is 11.6. The molecule has 3 aromatic carbocycles. The number of fused-ring (bicyclic) bond motifs is 6. The smallest absolute Gasteiger partial charge is 0.0634 e. The summed E-state index contributed by atoms with van der Waals surface area (Å²) in [5.74, 6) is 1.35. The number of para-hydroxylation sites is 1. The van der Waals surface area contributed by atoms with Crippen LogP contribution in [0.2, 0.25) is 0 Å². The quantitative estimate of drug-likeness (QED) is 0.137. The first-order chi connectivity index (χ1) is 19.3. The van der Waals surface area contributed by atoms with Crippen LogP contribution >= 0.6 is 0 Å². The van der Waals surface area contributed by atoms with Crippen LogP contribution in [-0.4, -0.2) is 24.5 Å². The molecule has 0 saturated heterocycles. The van der Waals surface area contributed by atoms with Crippen molar-refractivity contribution >= 4 is 27.3 Å². The van der Waals surface area contributed by atoms with E-state index in [1.165, 1.54) is 38.5 Å². The molecule has 7 aromatic rings. The molecule has 0 saturated carbocycles. The van der Waals surface area contributed by atoms with Crippen molar-refractivity contribution in [2.24, 2.45) is 0 Å². The van der Waals surface area contributed by atoms with Crippen LogP contribution in [0.1, 0.15) is 37.7 Å². The molecule has 41 heavy (non-hydrogen) atoms. The van der Waals surface area contributed by atoms with E-state index < -0.39 is 0 Å². The van der Waals surface area contributed by atoms with Crippen LogP contribution in [0, 0.1) is 19.9 Å². The first-order valence-electron chi connectivity index (χ1n) is 13.4. The van der Waals surface area contributed by atoms with Gasteiger partial charge >= 0.3 is 0 Å². The Morgan fingerprint density at radius 2 is 1.56 bits per heavy atom. The number of pyridine rings is 2. The van der Waals surface area contributed by atoms with Crippen molar-refractivity contribution in [2.45, 2.75) is 40.0 Å². The van der Waals surface area contributed by atoms with Gasteiger partial charge in [-0.2, -0.15) is 0 Å². The van der Waals surface area contributed by atoms with E-state index in [4.69, 9.17) is 0 Å². The van der Waals surface area contributed by atoms with Crippen molar-refractivity contribution in [1.82, 2.24) is 29.5 Å². The minimum atomic E-state index is -0.0694. The zero-order chi connectivity index (χ0) is 27.9. The molecule has 0 bridgehead atoms. The number of hydrogen-bond acceptors (Lipinski definition) is 4. The maximum Gasteiger partial charge on any atom is 0.0634 e. The van der Waals surface area contributed by atoms with E-state index in [2.05, 4.69) is 119 Å². The van der Waals surface area contributed by atoms with Crippen LogP contribution in [0.15, 0.2) is 91.4 Å². The van der Waals surface area contributed by atoms with Crippen LogP contribution in [0.4, 0.5) is 0 Å². The first kappa shape index (κ1) is 28.3. The summed E-state index contributed by atoms with van der Waals surface area (Å²) in [5.41, 5.74) is 8.01. The molecule has 4 heterocycles. The Kier molecular flexibility index (Phi) is 7.85. The van der Waals surface area contributed by atoms with Gasteiger partial charge in [0.05, 0.1) is 11.3 Å².